The Morgan fingerprint density at radius 1 is 1.08 bits per heavy atom. The van der Waals surface area contributed by atoms with E-state index in [9.17, 15) is 14.4 Å². The molecule has 1 saturated heterocycles. The number of hydrogen-bond donors (Lipinski definition) is 0. The summed E-state index contributed by atoms with van der Waals surface area (Å²) < 4.78 is 13.1. The smallest absolute Gasteiger partial charge is 0.254 e. The molecule has 1 heterocycles. The van der Waals surface area contributed by atoms with E-state index in [1.54, 1.807) is 12.1 Å². The number of hydrogen-bond acceptors (Lipinski definition) is 3. The molecule has 2 aromatic carbocycles. The lowest BCUT2D eigenvalue weighted by molar-refractivity contribution is 0.0605. The van der Waals surface area contributed by atoms with E-state index in [1.165, 1.54) is 12.1 Å². The van der Waals surface area contributed by atoms with Crippen LogP contribution in [-0.2, 0) is 0 Å². The van der Waals surface area contributed by atoms with E-state index in [-0.39, 0.29) is 11.7 Å². The van der Waals surface area contributed by atoms with Crippen LogP contribution >= 0.6 is 0 Å². The Morgan fingerprint density at radius 3 is 2.35 bits per heavy atom. The molecule has 2 aromatic rings. The molecule has 1 amide bonds. The Labute approximate surface area is 153 Å². The summed E-state index contributed by atoms with van der Waals surface area (Å²) in [6.45, 7) is 6.31. The topological polar surface area (TPSA) is 47.3 Å². The first-order valence-corrected chi connectivity index (χ1v) is 8.75. The molecule has 0 bridgehead atoms. The second-order valence-electron chi connectivity index (χ2n) is 6.73. The predicted octanol–water partition coefficient (Wildman–Crippen LogP) is 3.47. The maximum Gasteiger partial charge on any atom is 0.254 e. The van der Waals surface area contributed by atoms with Crippen LogP contribution < -0.4 is 0 Å². The van der Waals surface area contributed by atoms with Gasteiger partial charge in [0.15, 0.2) is 0 Å². The minimum Gasteiger partial charge on any atom is -0.336 e. The van der Waals surface area contributed by atoms with Gasteiger partial charge in [-0.15, -0.1) is 0 Å². The Balaban J connectivity index is 1.68. The first kappa shape index (κ1) is 18.1. The van der Waals surface area contributed by atoms with E-state index >= 15 is 0 Å². The molecule has 1 aliphatic rings. The third kappa shape index (κ3) is 3.76. The van der Waals surface area contributed by atoms with Crippen LogP contribution in [0.2, 0.25) is 0 Å². The number of piperazine rings is 1. The largest absolute Gasteiger partial charge is 0.336 e. The molecule has 1 fully saturated rings. The number of aryl methyl sites for hydroxylation is 2. The molecular weight excluding hydrogens is 329 g/mol. The second-order valence-corrected chi connectivity index (χ2v) is 6.73. The highest BCUT2D eigenvalue weighted by Crippen LogP contribution is 2.23. The molecule has 26 heavy (non-hydrogen) atoms. The molecule has 3 rings (SSSR count). The maximum atomic E-state index is 13.1. The summed E-state index contributed by atoms with van der Waals surface area (Å²) >= 11 is 0. The van der Waals surface area contributed by atoms with Gasteiger partial charge in [0.2, 0.25) is 0 Å². The van der Waals surface area contributed by atoms with E-state index in [2.05, 4.69) is 6.07 Å². The van der Waals surface area contributed by atoms with Gasteiger partial charge in [0.1, 0.15) is 11.9 Å². The lowest BCUT2D eigenvalue weighted by Crippen LogP contribution is -2.49. The van der Waals surface area contributed by atoms with Gasteiger partial charge < -0.3 is 4.90 Å². The minimum absolute atomic E-state index is 0.0427. The average molecular weight is 351 g/mol. The van der Waals surface area contributed by atoms with Gasteiger partial charge >= 0.3 is 0 Å². The summed E-state index contributed by atoms with van der Waals surface area (Å²) in [5.41, 5.74) is 3.57. The first-order chi connectivity index (χ1) is 12.5. The fourth-order valence-corrected chi connectivity index (χ4v) is 3.33. The van der Waals surface area contributed by atoms with Crippen molar-refractivity contribution in [3.63, 3.8) is 0 Å². The van der Waals surface area contributed by atoms with Crippen molar-refractivity contribution in [1.82, 2.24) is 9.80 Å². The number of nitrogens with zero attached hydrogens (tertiary/aromatic N) is 3. The zero-order valence-corrected chi connectivity index (χ0v) is 15.1. The molecular formula is C21H22FN3O. The van der Waals surface area contributed by atoms with Crippen molar-refractivity contribution >= 4 is 5.91 Å². The van der Waals surface area contributed by atoms with Crippen molar-refractivity contribution in [2.45, 2.75) is 19.9 Å². The molecule has 5 heteroatoms. The molecule has 134 valence electrons. The van der Waals surface area contributed by atoms with Gasteiger partial charge in [-0.2, -0.15) is 5.26 Å². The van der Waals surface area contributed by atoms with Crippen molar-refractivity contribution in [3.05, 3.63) is 70.5 Å². The third-order valence-corrected chi connectivity index (χ3v) is 4.90. The summed E-state index contributed by atoms with van der Waals surface area (Å²) in [5, 5.41) is 9.56. The zero-order chi connectivity index (χ0) is 18.7. The van der Waals surface area contributed by atoms with Crippen LogP contribution in [0.1, 0.15) is 33.1 Å². The first-order valence-electron chi connectivity index (χ1n) is 8.75. The van der Waals surface area contributed by atoms with Gasteiger partial charge in [-0.3, -0.25) is 9.69 Å². The highest BCUT2D eigenvalue weighted by Gasteiger charge is 2.28. The molecule has 0 aromatic heterocycles. The highest BCUT2D eigenvalue weighted by molar-refractivity contribution is 5.95. The van der Waals surface area contributed by atoms with E-state index < -0.39 is 6.04 Å². The average Bonchev–Trinajstić information content (AvgIpc) is 2.66. The van der Waals surface area contributed by atoms with Crippen molar-refractivity contribution in [3.8, 4) is 6.07 Å². The standard InChI is InChI=1S/C21H22FN3O/c1-15-3-4-16(2)19(13-15)21(26)25-11-9-24(10-12-25)20(14-23)17-5-7-18(22)8-6-17/h3-8,13,20H,9-12H2,1-2H3/t20-/m0/s1. The van der Waals surface area contributed by atoms with E-state index in [0.29, 0.717) is 26.2 Å². The van der Waals surface area contributed by atoms with Gasteiger partial charge in [-0.05, 0) is 43.2 Å². The Kier molecular flexibility index (Phi) is 5.34. The minimum atomic E-state index is -0.423. The normalized spacial score (nSPS) is 16.2. The second kappa shape index (κ2) is 7.67. The van der Waals surface area contributed by atoms with Crippen molar-refractivity contribution in [1.29, 1.82) is 5.26 Å². The monoisotopic (exact) mass is 351 g/mol. The van der Waals surface area contributed by atoms with Crippen molar-refractivity contribution in [2.75, 3.05) is 26.2 Å². The van der Waals surface area contributed by atoms with Crippen molar-refractivity contribution in [2.24, 2.45) is 0 Å². The molecule has 0 aliphatic carbocycles. The number of carbonyl (C=O) groups is 1. The van der Waals surface area contributed by atoms with Crippen LogP contribution in [0.3, 0.4) is 0 Å². The van der Waals surface area contributed by atoms with Crippen LogP contribution in [-0.4, -0.2) is 41.9 Å². The SMILES string of the molecule is Cc1ccc(C)c(C(=O)N2CCN([C@@H](C#N)c3ccc(F)cc3)CC2)c1. The summed E-state index contributed by atoms with van der Waals surface area (Å²) in [5.74, 6) is -0.268. The Hall–Kier alpha value is -2.71. The molecule has 0 radical (unpaired) electrons. The molecule has 0 spiro atoms. The van der Waals surface area contributed by atoms with Gasteiger partial charge in [0, 0.05) is 31.7 Å². The number of carbonyl (C=O) groups excluding carboxylic acids is 1. The highest BCUT2D eigenvalue weighted by atomic mass is 19.1. The zero-order valence-electron chi connectivity index (χ0n) is 15.1. The quantitative estimate of drug-likeness (QED) is 0.851. The summed E-state index contributed by atoms with van der Waals surface area (Å²) in [4.78, 5) is 16.7. The number of amides is 1. The van der Waals surface area contributed by atoms with Crippen LogP contribution in [0.5, 0.6) is 0 Å². The van der Waals surface area contributed by atoms with Gasteiger partial charge in [-0.1, -0.05) is 29.8 Å². The van der Waals surface area contributed by atoms with E-state index in [4.69, 9.17) is 0 Å². The van der Waals surface area contributed by atoms with E-state index in [0.717, 1.165) is 22.3 Å². The fourth-order valence-electron chi connectivity index (χ4n) is 3.33. The van der Waals surface area contributed by atoms with Crippen LogP contribution in [0.4, 0.5) is 4.39 Å². The number of benzene rings is 2. The van der Waals surface area contributed by atoms with Crippen LogP contribution in [0, 0.1) is 31.0 Å². The fraction of sp³-hybridized carbons (Fsp3) is 0.333. The maximum absolute atomic E-state index is 13.1. The van der Waals surface area contributed by atoms with Gasteiger partial charge in [-0.25, -0.2) is 4.39 Å². The van der Waals surface area contributed by atoms with Gasteiger partial charge in [0.05, 0.1) is 6.07 Å². The number of nitriles is 1. The number of halogens is 1. The lowest BCUT2D eigenvalue weighted by atomic mass is 10.0. The summed E-state index contributed by atoms with van der Waals surface area (Å²) in [6.07, 6.45) is 0. The Morgan fingerprint density at radius 2 is 1.73 bits per heavy atom. The predicted molar refractivity (Wildman–Crippen MR) is 98.1 cm³/mol. The van der Waals surface area contributed by atoms with Crippen LogP contribution in [0.25, 0.3) is 0 Å². The van der Waals surface area contributed by atoms with Crippen molar-refractivity contribution < 1.29 is 9.18 Å². The molecule has 1 atom stereocenters. The molecule has 0 N–H and O–H groups in total. The Bertz CT molecular complexity index is 833. The summed E-state index contributed by atoms with van der Waals surface area (Å²) in [6, 6.07) is 13.8. The summed E-state index contributed by atoms with van der Waals surface area (Å²) in [7, 11) is 0. The lowest BCUT2D eigenvalue weighted by Gasteiger charge is -2.37. The molecule has 0 unspecified atom stereocenters. The molecule has 0 saturated carbocycles. The van der Waals surface area contributed by atoms with E-state index in [1.807, 2.05) is 41.8 Å². The molecule has 4 nitrogen and oxygen atoms in total. The van der Waals surface area contributed by atoms with Gasteiger partial charge in [0.25, 0.3) is 5.91 Å². The number of rotatable bonds is 3. The molecule has 1 aliphatic heterocycles. The van der Waals surface area contributed by atoms with Crippen LogP contribution in [0.15, 0.2) is 42.5 Å². The third-order valence-electron chi connectivity index (χ3n) is 4.90.